The van der Waals surface area contributed by atoms with Gasteiger partial charge in [0.25, 0.3) is 0 Å². The molecule has 1 atom stereocenters. The number of rotatable bonds is 2. The lowest BCUT2D eigenvalue weighted by atomic mass is 9.99. The van der Waals surface area contributed by atoms with Crippen LogP contribution >= 0.6 is 0 Å². The number of hydrogen-bond donors (Lipinski definition) is 2. The van der Waals surface area contributed by atoms with Crippen molar-refractivity contribution in [3.63, 3.8) is 0 Å². The molecule has 78 valence electrons. The highest BCUT2D eigenvalue weighted by Gasteiger charge is 2.31. The third-order valence-corrected chi connectivity index (χ3v) is 3.17. The van der Waals surface area contributed by atoms with Crippen molar-refractivity contribution in [2.24, 2.45) is 5.92 Å². The van der Waals surface area contributed by atoms with E-state index in [9.17, 15) is 4.79 Å². The van der Waals surface area contributed by atoms with Crippen molar-refractivity contribution in [2.45, 2.75) is 31.7 Å². The topological polar surface area (TPSA) is 52.6 Å². The van der Waals surface area contributed by atoms with Crippen molar-refractivity contribution >= 4 is 5.97 Å². The van der Waals surface area contributed by atoms with Gasteiger partial charge in [-0.1, -0.05) is 12.8 Å². The first-order valence-corrected chi connectivity index (χ1v) is 5.13. The molecular formula is C10H16N2O2. The Morgan fingerprint density at radius 1 is 1.57 bits per heavy atom. The van der Waals surface area contributed by atoms with E-state index in [2.05, 4.69) is 5.43 Å². The summed E-state index contributed by atoms with van der Waals surface area (Å²) in [5.41, 5.74) is 3.56. The highest BCUT2D eigenvalue weighted by molar-refractivity contribution is 5.86. The highest BCUT2D eigenvalue weighted by Crippen LogP contribution is 2.30. The molecule has 1 saturated carbocycles. The second-order valence-electron chi connectivity index (χ2n) is 4.12. The highest BCUT2D eigenvalue weighted by atomic mass is 16.4. The van der Waals surface area contributed by atoms with Gasteiger partial charge in [-0.05, 0) is 24.8 Å². The van der Waals surface area contributed by atoms with Crippen LogP contribution in [0, 0.1) is 5.92 Å². The Morgan fingerprint density at radius 3 is 2.71 bits per heavy atom. The van der Waals surface area contributed by atoms with E-state index in [-0.39, 0.29) is 6.04 Å². The number of hydrazine groups is 1. The minimum atomic E-state index is -0.847. The zero-order valence-corrected chi connectivity index (χ0v) is 8.36. The first kappa shape index (κ1) is 9.52. The monoisotopic (exact) mass is 196 g/mol. The molecule has 0 aromatic heterocycles. The van der Waals surface area contributed by atoms with E-state index in [1.165, 1.54) is 25.7 Å². The van der Waals surface area contributed by atoms with E-state index in [4.69, 9.17) is 5.11 Å². The largest absolute Gasteiger partial charge is 0.477 e. The Balaban J connectivity index is 2.06. The molecule has 0 bridgehead atoms. The predicted octanol–water partition coefficient (Wildman–Crippen LogP) is 0.964. The minimum Gasteiger partial charge on any atom is -0.477 e. The summed E-state index contributed by atoms with van der Waals surface area (Å²) in [6.45, 7) is 0. The molecule has 0 saturated heterocycles. The number of carbonyl (C=O) groups is 1. The second kappa shape index (κ2) is 3.61. The van der Waals surface area contributed by atoms with Crippen LogP contribution in [0.25, 0.3) is 0 Å². The fraction of sp³-hybridized carbons (Fsp3) is 0.700. The predicted molar refractivity (Wildman–Crippen MR) is 52.4 cm³/mol. The van der Waals surface area contributed by atoms with Crippen molar-refractivity contribution < 1.29 is 9.90 Å². The van der Waals surface area contributed by atoms with Gasteiger partial charge in [-0.15, -0.1) is 0 Å². The lowest BCUT2D eigenvalue weighted by Crippen LogP contribution is -2.38. The summed E-state index contributed by atoms with van der Waals surface area (Å²) in [6, 6.07) is 0.230. The van der Waals surface area contributed by atoms with Crippen molar-refractivity contribution in [3.05, 3.63) is 11.8 Å². The molecule has 0 aromatic carbocycles. The fourth-order valence-electron chi connectivity index (χ4n) is 2.39. The molecule has 0 aromatic rings. The van der Waals surface area contributed by atoms with Gasteiger partial charge in [-0.3, -0.25) is 0 Å². The molecule has 14 heavy (non-hydrogen) atoms. The standard InChI is InChI=1S/C10H16N2O2/c1-12-9(10(13)14)6-8(11-12)7-4-2-3-5-7/h6-8,11H,2-5H2,1H3,(H,13,14). The first-order chi connectivity index (χ1) is 6.68. The van der Waals surface area contributed by atoms with Crippen LogP contribution in [0.15, 0.2) is 11.8 Å². The quantitative estimate of drug-likeness (QED) is 0.690. The molecule has 0 radical (unpaired) electrons. The van der Waals surface area contributed by atoms with Crippen molar-refractivity contribution in [2.75, 3.05) is 7.05 Å². The Labute approximate surface area is 83.6 Å². The number of aliphatic carboxylic acids is 1. The van der Waals surface area contributed by atoms with E-state index in [0.717, 1.165) is 0 Å². The lowest BCUT2D eigenvalue weighted by molar-refractivity contribution is -0.134. The molecule has 1 fully saturated rings. The summed E-state index contributed by atoms with van der Waals surface area (Å²) in [5.74, 6) is -0.227. The molecule has 0 spiro atoms. The van der Waals surface area contributed by atoms with Gasteiger partial charge in [0.2, 0.25) is 0 Å². The van der Waals surface area contributed by atoms with E-state index < -0.39 is 5.97 Å². The van der Waals surface area contributed by atoms with Crippen molar-refractivity contribution in [1.29, 1.82) is 0 Å². The number of carboxylic acids is 1. The molecule has 1 aliphatic carbocycles. The van der Waals surface area contributed by atoms with Gasteiger partial charge < -0.3 is 10.1 Å². The van der Waals surface area contributed by atoms with Crippen LogP contribution in [0.2, 0.25) is 0 Å². The van der Waals surface area contributed by atoms with Gasteiger partial charge in [-0.25, -0.2) is 10.2 Å². The zero-order chi connectivity index (χ0) is 10.1. The van der Waals surface area contributed by atoms with E-state index in [1.54, 1.807) is 12.1 Å². The van der Waals surface area contributed by atoms with Gasteiger partial charge in [-0.2, -0.15) is 0 Å². The van der Waals surface area contributed by atoms with E-state index in [0.29, 0.717) is 11.6 Å². The molecule has 4 heteroatoms. The summed E-state index contributed by atoms with van der Waals surface area (Å²) in [4.78, 5) is 10.8. The smallest absolute Gasteiger partial charge is 0.353 e. The van der Waals surface area contributed by atoms with Crippen LogP contribution in [-0.4, -0.2) is 29.2 Å². The maximum atomic E-state index is 10.8. The van der Waals surface area contributed by atoms with Crippen LogP contribution in [0.5, 0.6) is 0 Å². The van der Waals surface area contributed by atoms with Crippen molar-refractivity contribution in [3.8, 4) is 0 Å². The fourth-order valence-corrected chi connectivity index (χ4v) is 2.39. The molecule has 4 nitrogen and oxygen atoms in total. The SMILES string of the molecule is CN1NC(C2CCCC2)C=C1C(=O)O. The average Bonchev–Trinajstić information content (AvgIpc) is 2.70. The Bertz CT molecular complexity index is 269. The number of nitrogens with zero attached hydrogens (tertiary/aromatic N) is 1. The molecular weight excluding hydrogens is 180 g/mol. The average molecular weight is 196 g/mol. The van der Waals surface area contributed by atoms with Crippen LogP contribution in [0.1, 0.15) is 25.7 Å². The Morgan fingerprint density at radius 2 is 2.21 bits per heavy atom. The Kier molecular flexibility index (Phi) is 2.46. The van der Waals surface area contributed by atoms with Crippen LogP contribution in [0.4, 0.5) is 0 Å². The zero-order valence-electron chi connectivity index (χ0n) is 8.36. The molecule has 1 unspecified atom stereocenters. The number of nitrogens with one attached hydrogen (secondary N) is 1. The normalized spacial score (nSPS) is 28.2. The summed E-state index contributed by atoms with van der Waals surface area (Å²) in [7, 11) is 1.76. The Hall–Kier alpha value is -1.03. The summed E-state index contributed by atoms with van der Waals surface area (Å²) in [6.07, 6.45) is 6.84. The lowest BCUT2D eigenvalue weighted by Gasteiger charge is -2.20. The molecule has 2 N–H and O–H groups in total. The maximum absolute atomic E-state index is 10.8. The molecule has 0 amide bonds. The summed E-state index contributed by atoms with van der Waals surface area (Å²) < 4.78 is 0. The third-order valence-electron chi connectivity index (χ3n) is 3.17. The van der Waals surface area contributed by atoms with Gasteiger partial charge in [0, 0.05) is 13.1 Å². The van der Waals surface area contributed by atoms with Crippen molar-refractivity contribution in [1.82, 2.24) is 10.4 Å². The number of hydrogen-bond acceptors (Lipinski definition) is 3. The minimum absolute atomic E-state index is 0.230. The van der Waals surface area contributed by atoms with Gasteiger partial charge in [0.05, 0.1) is 0 Å². The molecule has 2 aliphatic rings. The second-order valence-corrected chi connectivity index (χ2v) is 4.12. The first-order valence-electron chi connectivity index (χ1n) is 5.13. The van der Waals surface area contributed by atoms with Gasteiger partial charge >= 0.3 is 5.97 Å². The summed E-state index contributed by atoms with van der Waals surface area (Å²) >= 11 is 0. The van der Waals surface area contributed by atoms with Crippen LogP contribution < -0.4 is 5.43 Å². The molecule has 1 aliphatic heterocycles. The number of carboxylic acid groups (broad SMARTS) is 1. The molecule has 1 heterocycles. The van der Waals surface area contributed by atoms with Crippen LogP contribution in [0.3, 0.4) is 0 Å². The van der Waals surface area contributed by atoms with Gasteiger partial charge in [0.15, 0.2) is 0 Å². The third kappa shape index (κ3) is 1.62. The van der Waals surface area contributed by atoms with Crippen LogP contribution in [-0.2, 0) is 4.79 Å². The summed E-state index contributed by atoms with van der Waals surface area (Å²) in [5, 5.41) is 10.5. The van der Waals surface area contributed by atoms with E-state index >= 15 is 0 Å². The van der Waals surface area contributed by atoms with Gasteiger partial charge in [0.1, 0.15) is 5.70 Å². The molecule has 2 rings (SSSR count). The maximum Gasteiger partial charge on any atom is 0.353 e. The van der Waals surface area contributed by atoms with E-state index in [1.807, 2.05) is 6.08 Å². The number of likely N-dealkylation sites (N-methyl/N-ethyl adjacent to an activating group) is 1.